The van der Waals surface area contributed by atoms with Crippen molar-refractivity contribution in [3.63, 3.8) is 0 Å². The van der Waals surface area contributed by atoms with E-state index in [4.69, 9.17) is 9.47 Å². The fraction of sp³-hybridized carbons (Fsp3) is 0.292. The van der Waals surface area contributed by atoms with E-state index in [1.54, 1.807) is 0 Å². The molecule has 0 bridgehead atoms. The van der Waals surface area contributed by atoms with Crippen molar-refractivity contribution in [3.05, 3.63) is 84.2 Å². The largest absolute Gasteiger partial charge is 0.350 e. The molecule has 148 valence electrons. The second-order valence-electron chi connectivity index (χ2n) is 7.40. The molecule has 3 aromatic rings. The van der Waals surface area contributed by atoms with Crippen molar-refractivity contribution in [2.24, 2.45) is 5.92 Å². The van der Waals surface area contributed by atoms with Crippen LogP contribution in [0.4, 0.5) is 0 Å². The van der Waals surface area contributed by atoms with Gasteiger partial charge in [0.2, 0.25) is 7.28 Å². The molecule has 0 N–H and O–H groups in total. The van der Waals surface area contributed by atoms with E-state index in [-0.39, 0.29) is 6.29 Å². The van der Waals surface area contributed by atoms with Gasteiger partial charge in [0, 0.05) is 24.9 Å². The first-order chi connectivity index (χ1) is 14.3. The lowest BCUT2D eigenvalue weighted by atomic mass is 9.65. The smallest absolute Gasteiger partial charge is 0.239 e. The first-order valence-electron chi connectivity index (χ1n) is 10.4. The Hall–Kier alpha value is -2.63. The zero-order chi connectivity index (χ0) is 19.9. The van der Waals surface area contributed by atoms with E-state index in [2.05, 4.69) is 83.3 Å². The van der Waals surface area contributed by atoms with E-state index in [1.165, 1.54) is 16.6 Å². The SMILES string of the molecule is CCC(Cn1ccnc1BC(=Cc1ccccc1)c1ccccc1)C1OCCO1. The van der Waals surface area contributed by atoms with Gasteiger partial charge < -0.3 is 14.0 Å². The molecule has 2 aromatic carbocycles. The molecule has 1 aromatic heterocycles. The van der Waals surface area contributed by atoms with Gasteiger partial charge in [0.25, 0.3) is 0 Å². The minimum Gasteiger partial charge on any atom is -0.350 e. The average Bonchev–Trinajstić information content (AvgIpc) is 3.45. The maximum atomic E-state index is 5.76. The molecule has 0 amide bonds. The fourth-order valence-corrected chi connectivity index (χ4v) is 3.79. The summed E-state index contributed by atoms with van der Waals surface area (Å²) in [6.07, 6.45) is 7.12. The summed E-state index contributed by atoms with van der Waals surface area (Å²) in [7, 11) is 0.773. The summed E-state index contributed by atoms with van der Waals surface area (Å²) in [5, 5.41) is 0. The third kappa shape index (κ3) is 5.05. The predicted molar refractivity (Wildman–Crippen MR) is 119 cm³/mol. The van der Waals surface area contributed by atoms with Gasteiger partial charge >= 0.3 is 0 Å². The highest BCUT2D eigenvalue weighted by atomic mass is 16.7. The van der Waals surface area contributed by atoms with E-state index < -0.39 is 0 Å². The lowest BCUT2D eigenvalue weighted by molar-refractivity contribution is -0.0882. The Bertz CT molecular complexity index is 918. The van der Waals surface area contributed by atoms with Crippen molar-refractivity contribution in [1.29, 1.82) is 0 Å². The van der Waals surface area contributed by atoms with Crippen molar-refractivity contribution in [1.82, 2.24) is 9.55 Å². The Labute approximate surface area is 173 Å². The van der Waals surface area contributed by atoms with Gasteiger partial charge in [-0.3, -0.25) is 4.98 Å². The summed E-state index contributed by atoms with van der Waals surface area (Å²) >= 11 is 0. The number of aromatic nitrogens is 2. The van der Waals surface area contributed by atoms with Crippen molar-refractivity contribution in [2.45, 2.75) is 26.2 Å². The van der Waals surface area contributed by atoms with Crippen LogP contribution in [0.1, 0.15) is 24.5 Å². The van der Waals surface area contributed by atoms with Gasteiger partial charge in [-0.1, -0.05) is 79.1 Å². The van der Waals surface area contributed by atoms with Crippen molar-refractivity contribution in [2.75, 3.05) is 13.2 Å². The number of hydrogen-bond acceptors (Lipinski definition) is 3. The number of imidazole rings is 1. The molecule has 4 nitrogen and oxygen atoms in total. The van der Waals surface area contributed by atoms with Gasteiger partial charge in [0.05, 0.1) is 18.9 Å². The van der Waals surface area contributed by atoms with Gasteiger partial charge in [-0.15, -0.1) is 0 Å². The van der Waals surface area contributed by atoms with Gasteiger partial charge in [-0.2, -0.15) is 0 Å². The minimum atomic E-state index is -0.108. The molecule has 0 aliphatic carbocycles. The van der Waals surface area contributed by atoms with Crippen LogP contribution in [0.25, 0.3) is 11.5 Å². The molecule has 1 fully saturated rings. The molecule has 0 radical (unpaired) electrons. The van der Waals surface area contributed by atoms with Crippen molar-refractivity contribution < 1.29 is 9.47 Å². The van der Waals surface area contributed by atoms with E-state index in [0.717, 1.165) is 26.0 Å². The van der Waals surface area contributed by atoms with Crippen LogP contribution in [-0.4, -0.2) is 36.3 Å². The zero-order valence-electron chi connectivity index (χ0n) is 16.9. The van der Waals surface area contributed by atoms with E-state index in [1.807, 2.05) is 12.3 Å². The van der Waals surface area contributed by atoms with Crippen LogP contribution in [0.15, 0.2) is 73.1 Å². The first kappa shape index (κ1) is 19.7. The summed E-state index contributed by atoms with van der Waals surface area (Å²) in [6, 6.07) is 21.0. The van der Waals surface area contributed by atoms with E-state index in [9.17, 15) is 0 Å². The Morgan fingerprint density at radius 1 is 1.10 bits per heavy atom. The van der Waals surface area contributed by atoms with Crippen molar-refractivity contribution >= 4 is 24.6 Å². The fourth-order valence-electron chi connectivity index (χ4n) is 3.79. The zero-order valence-corrected chi connectivity index (χ0v) is 16.9. The Morgan fingerprint density at radius 2 is 1.79 bits per heavy atom. The molecule has 1 aliphatic rings. The second kappa shape index (κ2) is 9.72. The molecule has 2 heterocycles. The van der Waals surface area contributed by atoms with E-state index in [0.29, 0.717) is 19.1 Å². The van der Waals surface area contributed by atoms with Gasteiger partial charge in [0.15, 0.2) is 6.29 Å². The maximum Gasteiger partial charge on any atom is 0.239 e. The highest BCUT2D eigenvalue weighted by molar-refractivity contribution is 6.73. The number of benzene rings is 2. The Morgan fingerprint density at radius 3 is 2.48 bits per heavy atom. The van der Waals surface area contributed by atoms with Crippen LogP contribution in [0.3, 0.4) is 0 Å². The highest BCUT2D eigenvalue weighted by Crippen LogP contribution is 2.20. The standard InChI is InChI=1S/C24H27BN2O2/c1-2-20(23-28-15-16-29-23)18-27-14-13-26-24(27)25-22(21-11-7-4-8-12-21)17-19-9-5-3-6-10-19/h3-14,17,20,23,25H,2,15-16,18H2,1H3. The average molecular weight is 386 g/mol. The molecule has 0 saturated carbocycles. The molecule has 4 rings (SSSR count). The number of ether oxygens (including phenoxy) is 2. The van der Waals surface area contributed by atoms with Crippen LogP contribution < -0.4 is 5.72 Å². The molecule has 29 heavy (non-hydrogen) atoms. The molecule has 1 saturated heterocycles. The lowest BCUT2D eigenvalue weighted by Crippen LogP contribution is -2.33. The molecular formula is C24H27BN2O2. The Balaban J connectivity index is 1.59. The number of hydrogen-bond donors (Lipinski definition) is 0. The van der Waals surface area contributed by atoms with Crippen LogP contribution in [0, 0.1) is 5.92 Å². The predicted octanol–water partition coefficient (Wildman–Crippen LogP) is 3.54. The molecule has 0 spiro atoms. The van der Waals surface area contributed by atoms with Gasteiger partial charge in [-0.25, -0.2) is 0 Å². The van der Waals surface area contributed by atoms with Gasteiger partial charge in [-0.05, 0) is 17.5 Å². The quantitative estimate of drug-likeness (QED) is 0.439. The van der Waals surface area contributed by atoms with Crippen LogP contribution >= 0.6 is 0 Å². The lowest BCUT2D eigenvalue weighted by Gasteiger charge is -2.22. The minimum absolute atomic E-state index is 0.108. The Kier molecular flexibility index (Phi) is 6.60. The first-order valence-corrected chi connectivity index (χ1v) is 10.4. The van der Waals surface area contributed by atoms with Crippen LogP contribution in [-0.2, 0) is 16.0 Å². The molecule has 1 aliphatic heterocycles. The summed E-state index contributed by atoms with van der Waals surface area (Å²) < 4.78 is 13.8. The normalized spacial score (nSPS) is 16.1. The summed E-state index contributed by atoms with van der Waals surface area (Å²) in [5.41, 5.74) is 4.74. The van der Waals surface area contributed by atoms with Gasteiger partial charge in [0.1, 0.15) is 0 Å². The van der Waals surface area contributed by atoms with E-state index >= 15 is 0 Å². The van der Waals surface area contributed by atoms with Crippen LogP contribution in [0.5, 0.6) is 0 Å². The maximum absolute atomic E-state index is 5.76. The summed E-state index contributed by atoms with van der Waals surface area (Å²) in [4.78, 5) is 4.68. The third-order valence-electron chi connectivity index (χ3n) is 5.42. The molecule has 5 heteroatoms. The summed E-state index contributed by atoms with van der Waals surface area (Å²) in [5.74, 6) is 0.323. The second-order valence-corrected chi connectivity index (χ2v) is 7.40. The monoisotopic (exact) mass is 386 g/mol. The molecule has 1 atom stereocenters. The topological polar surface area (TPSA) is 36.3 Å². The third-order valence-corrected chi connectivity index (χ3v) is 5.42. The molecule has 1 unspecified atom stereocenters. The number of nitrogens with zero attached hydrogens (tertiary/aromatic N) is 2. The number of rotatable bonds is 8. The summed E-state index contributed by atoms with van der Waals surface area (Å²) in [6.45, 7) is 4.42. The van der Waals surface area contributed by atoms with Crippen molar-refractivity contribution in [3.8, 4) is 0 Å². The van der Waals surface area contributed by atoms with Crippen LogP contribution in [0.2, 0.25) is 0 Å². The highest BCUT2D eigenvalue weighted by Gasteiger charge is 2.26. The molecular weight excluding hydrogens is 359 g/mol.